The number of amides is 1. The van der Waals surface area contributed by atoms with Crippen LogP contribution in [0.2, 0.25) is 0 Å². The zero-order valence-corrected chi connectivity index (χ0v) is 12.1. The molecular formula is C13H15F3N2O4. The summed E-state index contributed by atoms with van der Waals surface area (Å²) in [6.07, 6.45) is -5.06. The Kier molecular flexibility index (Phi) is 5.00. The Hall–Kier alpha value is -2.32. The number of carboxylic acid groups (broad SMARTS) is 1. The van der Waals surface area contributed by atoms with Crippen molar-refractivity contribution in [3.63, 3.8) is 0 Å². The van der Waals surface area contributed by atoms with E-state index >= 15 is 0 Å². The van der Waals surface area contributed by atoms with Gasteiger partial charge < -0.3 is 9.84 Å². The number of nitrogens with zero attached hydrogens (tertiary/aromatic N) is 2. The maximum atomic E-state index is 12.5. The highest BCUT2D eigenvalue weighted by Gasteiger charge is 2.32. The van der Waals surface area contributed by atoms with E-state index in [1.165, 1.54) is 0 Å². The minimum Gasteiger partial charge on any atom is -0.480 e. The van der Waals surface area contributed by atoms with E-state index in [4.69, 9.17) is 9.84 Å². The van der Waals surface area contributed by atoms with Gasteiger partial charge in [0.15, 0.2) is 0 Å². The zero-order valence-electron chi connectivity index (χ0n) is 12.1. The number of aliphatic carboxylic acids is 1. The molecular weight excluding hydrogens is 305 g/mol. The number of halogens is 3. The summed E-state index contributed by atoms with van der Waals surface area (Å²) < 4.78 is 42.4. The van der Waals surface area contributed by atoms with Crippen molar-refractivity contribution in [2.75, 3.05) is 11.4 Å². The first-order valence-corrected chi connectivity index (χ1v) is 6.16. The van der Waals surface area contributed by atoms with Gasteiger partial charge in [-0.3, -0.25) is 9.69 Å². The van der Waals surface area contributed by atoms with Crippen LogP contribution in [0, 0.1) is 0 Å². The number of carbonyl (C=O) groups is 2. The smallest absolute Gasteiger partial charge is 0.417 e. The second-order valence-electron chi connectivity index (χ2n) is 5.36. The third-order valence-electron chi connectivity index (χ3n) is 2.26. The summed E-state index contributed by atoms with van der Waals surface area (Å²) in [5.41, 5.74) is -1.89. The molecule has 1 heterocycles. The molecule has 1 N–H and O–H groups in total. The molecule has 1 aromatic heterocycles. The molecule has 1 amide bonds. The van der Waals surface area contributed by atoms with Crippen LogP contribution < -0.4 is 4.90 Å². The topological polar surface area (TPSA) is 79.7 Å². The van der Waals surface area contributed by atoms with Gasteiger partial charge in [0, 0.05) is 6.20 Å². The average Bonchev–Trinajstić information content (AvgIpc) is 2.32. The Balaban J connectivity index is 3.07. The number of carboxylic acids is 1. The van der Waals surface area contributed by atoms with Crippen LogP contribution in [0.3, 0.4) is 0 Å². The van der Waals surface area contributed by atoms with Crippen LogP contribution in [-0.4, -0.2) is 34.3 Å². The minimum atomic E-state index is -4.57. The van der Waals surface area contributed by atoms with Crippen LogP contribution in [-0.2, 0) is 15.7 Å². The second kappa shape index (κ2) is 6.20. The molecule has 122 valence electrons. The fourth-order valence-electron chi connectivity index (χ4n) is 1.40. The van der Waals surface area contributed by atoms with Crippen molar-refractivity contribution in [3.8, 4) is 0 Å². The van der Waals surface area contributed by atoms with Gasteiger partial charge in [-0.25, -0.2) is 9.78 Å². The summed E-state index contributed by atoms with van der Waals surface area (Å²) in [6.45, 7) is 3.94. The van der Waals surface area contributed by atoms with E-state index in [0.29, 0.717) is 17.2 Å². The van der Waals surface area contributed by atoms with E-state index in [1.54, 1.807) is 20.8 Å². The summed E-state index contributed by atoms with van der Waals surface area (Å²) in [7, 11) is 0. The number of hydrogen-bond donors (Lipinski definition) is 1. The standard InChI is InChI=1S/C13H15F3N2O4/c1-12(2,3)22-11(21)18(7-10(19)20)9-5-4-8(6-17-9)13(14,15)16/h4-6H,7H2,1-3H3,(H,19,20). The normalized spacial score (nSPS) is 11.9. The first-order chi connectivity index (χ1) is 9.90. The number of anilines is 1. The lowest BCUT2D eigenvalue weighted by Gasteiger charge is -2.25. The molecule has 0 saturated heterocycles. The highest BCUT2D eigenvalue weighted by molar-refractivity contribution is 5.92. The molecule has 0 saturated carbocycles. The molecule has 0 aliphatic carbocycles. The number of aromatic nitrogens is 1. The summed E-state index contributed by atoms with van der Waals surface area (Å²) in [5, 5.41) is 8.82. The van der Waals surface area contributed by atoms with Crippen LogP contribution in [0.4, 0.5) is 23.8 Å². The third kappa shape index (κ3) is 5.23. The molecule has 1 rings (SSSR count). The number of hydrogen-bond acceptors (Lipinski definition) is 4. The lowest BCUT2D eigenvalue weighted by atomic mass is 10.2. The van der Waals surface area contributed by atoms with Crippen molar-refractivity contribution in [1.82, 2.24) is 4.98 Å². The summed E-state index contributed by atoms with van der Waals surface area (Å²) in [5.74, 6) is -1.60. The van der Waals surface area contributed by atoms with Gasteiger partial charge in [0.1, 0.15) is 18.0 Å². The molecule has 1 aromatic rings. The lowest BCUT2D eigenvalue weighted by Crippen LogP contribution is -2.40. The summed E-state index contributed by atoms with van der Waals surface area (Å²) >= 11 is 0. The SMILES string of the molecule is CC(C)(C)OC(=O)N(CC(=O)O)c1ccc(C(F)(F)F)cn1. The number of alkyl halides is 3. The quantitative estimate of drug-likeness (QED) is 0.926. The largest absolute Gasteiger partial charge is 0.480 e. The molecule has 6 nitrogen and oxygen atoms in total. The summed E-state index contributed by atoms with van der Waals surface area (Å²) in [6, 6.07) is 1.62. The van der Waals surface area contributed by atoms with Crippen LogP contribution in [0.15, 0.2) is 18.3 Å². The Labute approximate surface area is 124 Å². The van der Waals surface area contributed by atoms with Gasteiger partial charge >= 0.3 is 18.2 Å². The van der Waals surface area contributed by atoms with Crippen LogP contribution >= 0.6 is 0 Å². The molecule has 0 spiro atoms. The fraction of sp³-hybridized carbons (Fsp3) is 0.462. The third-order valence-corrected chi connectivity index (χ3v) is 2.26. The monoisotopic (exact) mass is 320 g/mol. The van der Waals surface area contributed by atoms with Gasteiger partial charge in [-0.05, 0) is 32.9 Å². The molecule has 0 aromatic carbocycles. The Morgan fingerprint density at radius 1 is 1.27 bits per heavy atom. The van der Waals surface area contributed by atoms with Gasteiger partial charge in [-0.15, -0.1) is 0 Å². The molecule has 0 radical (unpaired) electrons. The molecule has 0 fully saturated rings. The van der Waals surface area contributed by atoms with Crippen LogP contribution in [0.25, 0.3) is 0 Å². The van der Waals surface area contributed by atoms with Gasteiger partial charge in [-0.2, -0.15) is 13.2 Å². The maximum Gasteiger partial charge on any atom is 0.417 e. The highest BCUT2D eigenvalue weighted by atomic mass is 19.4. The van der Waals surface area contributed by atoms with E-state index in [-0.39, 0.29) is 5.82 Å². The molecule has 0 aliphatic rings. The van der Waals surface area contributed by atoms with Crippen molar-refractivity contribution < 1.29 is 32.6 Å². The number of rotatable bonds is 3. The molecule has 0 aliphatic heterocycles. The van der Waals surface area contributed by atoms with Crippen molar-refractivity contribution in [2.24, 2.45) is 0 Å². The predicted molar refractivity (Wildman–Crippen MR) is 70.5 cm³/mol. The summed E-state index contributed by atoms with van der Waals surface area (Å²) in [4.78, 5) is 26.9. The molecule has 0 unspecified atom stereocenters. The highest BCUT2D eigenvalue weighted by Crippen LogP contribution is 2.29. The van der Waals surface area contributed by atoms with E-state index in [9.17, 15) is 22.8 Å². The van der Waals surface area contributed by atoms with E-state index in [1.807, 2.05) is 0 Å². The first-order valence-electron chi connectivity index (χ1n) is 6.16. The number of carbonyl (C=O) groups excluding carboxylic acids is 1. The first kappa shape index (κ1) is 17.7. The Morgan fingerprint density at radius 2 is 1.86 bits per heavy atom. The van der Waals surface area contributed by atoms with Crippen molar-refractivity contribution in [3.05, 3.63) is 23.9 Å². The fourth-order valence-corrected chi connectivity index (χ4v) is 1.40. The molecule has 0 atom stereocenters. The van der Waals surface area contributed by atoms with Gasteiger partial charge in [0.05, 0.1) is 5.56 Å². The predicted octanol–water partition coefficient (Wildman–Crippen LogP) is 2.93. The second-order valence-corrected chi connectivity index (χ2v) is 5.36. The van der Waals surface area contributed by atoms with Crippen LogP contribution in [0.1, 0.15) is 26.3 Å². The Bertz CT molecular complexity index is 550. The zero-order chi connectivity index (χ0) is 17.1. The minimum absolute atomic E-state index is 0.246. The maximum absolute atomic E-state index is 12.5. The van der Waals surface area contributed by atoms with E-state index < -0.39 is 35.9 Å². The van der Waals surface area contributed by atoms with Gasteiger partial charge in [0.2, 0.25) is 0 Å². The average molecular weight is 320 g/mol. The van der Waals surface area contributed by atoms with Crippen LogP contribution in [0.5, 0.6) is 0 Å². The van der Waals surface area contributed by atoms with Crippen molar-refractivity contribution in [1.29, 1.82) is 0 Å². The number of pyridine rings is 1. The molecule has 0 bridgehead atoms. The molecule has 9 heteroatoms. The Morgan fingerprint density at radius 3 is 2.23 bits per heavy atom. The van der Waals surface area contributed by atoms with Gasteiger partial charge in [0.25, 0.3) is 0 Å². The van der Waals surface area contributed by atoms with E-state index in [0.717, 1.165) is 6.07 Å². The van der Waals surface area contributed by atoms with E-state index in [2.05, 4.69) is 4.98 Å². The lowest BCUT2D eigenvalue weighted by molar-refractivity contribution is -0.138. The van der Waals surface area contributed by atoms with Crippen molar-refractivity contribution >= 4 is 17.9 Å². The number of ether oxygens (including phenoxy) is 1. The van der Waals surface area contributed by atoms with Crippen molar-refractivity contribution in [2.45, 2.75) is 32.5 Å². The van der Waals surface area contributed by atoms with Gasteiger partial charge in [-0.1, -0.05) is 0 Å². The molecule has 22 heavy (non-hydrogen) atoms.